The average Bonchev–Trinajstić information content (AvgIpc) is 2.66. The van der Waals surface area contributed by atoms with Gasteiger partial charge >= 0.3 is 0 Å². The molecule has 1 aromatic heterocycles. The van der Waals surface area contributed by atoms with Crippen molar-refractivity contribution in [1.29, 1.82) is 0 Å². The third-order valence-electron chi connectivity index (χ3n) is 2.82. The van der Waals surface area contributed by atoms with Gasteiger partial charge in [-0.1, -0.05) is 5.16 Å². The molecular formula is C11H19N3OS. The highest BCUT2D eigenvalue weighted by atomic mass is 32.2. The number of nitrogens with two attached hydrogens (primary N) is 1. The summed E-state index contributed by atoms with van der Waals surface area (Å²) in [7, 11) is 0. The summed E-state index contributed by atoms with van der Waals surface area (Å²) in [4.78, 5) is 4.38. The first-order valence-electron chi connectivity index (χ1n) is 5.89. The van der Waals surface area contributed by atoms with Crippen LogP contribution < -0.4 is 5.73 Å². The van der Waals surface area contributed by atoms with Crippen LogP contribution in [-0.2, 0) is 12.8 Å². The van der Waals surface area contributed by atoms with Gasteiger partial charge in [-0.05, 0) is 37.2 Å². The Balaban J connectivity index is 1.86. The molecule has 2 rings (SSSR count). The van der Waals surface area contributed by atoms with Crippen LogP contribution in [0, 0.1) is 5.92 Å². The monoisotopic (exact) mass is 241 g/mol. The Labute approximate surface area is 100 Å². The van der Waals surface area contributed by atoms with Crippen LogP contribution in [0.3, 0.4) is 0 Å². The highest BCUT2D eigenvalue weighted by molar-refractivity contribution is 7.99. The van der Waals surface area contributed by atoms with Crippen molar-refractivity contribution in [3.63, 3.8) is 0 Å². The van der Waals surface area contributed by atoms with Crippen LogP contribution in [0.1, 0.15) is 31.5 Å². The molecule has 0 radical (unpaired) electrons. The van der Waals surface area contributed by atoms with Gasteiger partial charge in [-0.25, -0.2) is 0 Å². The molecule has 1 saturated heterocycles. The van der Waals surface area contributed by atoms with Crippen LogP contribution in [0.25, 0.3) is 0 Å². The predicted octanol–water partition coefficient (Wildman–Crippen LogP) is 1.64. The van der Waals surface area contributed by atoms with Crippen molar-refractivity contribution in [2.75, 3.05) is 11.5 Å². The molecule has 1 aromatic rings. The second-order valence-corrected chi connectivity index (χ2v) is 5.77. The summed E-state index contributed by atoms with van der Waals surface area (Å²) < 4.78 is 5.17. The van der Waals surface area contributed by atoms with Crippen molar-refractivity contribution < 1.29 is 4.52 Å². The third-order valence-corrected chi connectivity index (χ3v) is 3.87. The van der Waals surface area contributed by atoms with Gasteiger partial charge in [0, 0.05) is 18.9 Å². The quantitative estimate of drug-likeness (QED) is 0.868. The summed E-state index contributed by atoms with van der Waals surface area (Å²) in [5.41, 5.74) is 5.69. The molecule has 4 nitrogen and oxygen atoms in total. The van der Waals surface area contributed by atoms with Gasteiger partial charge in [0.25, 0.3) is 0 Å². The van der Waals surface area contributed by atoms with E-state index in [0.717, 1.165) is 18.2 Å². The maximum Gasteiger partial charge on any atom is 0.228 e. The van der Waals surface area contributed by atoms with E-state index >= 15 is 0 Å². The number of nitrogens with zero attached hydrogens (tertiary/aromatic N) is 2. The Kier molecular flexibility index (Phi) is 4.23. The molecule has 1 unspecified atom stereocenters. The fourth-order valence-corrected chi connectivity index (χ4v) is 3.14. The first-order chi connectivity index (χ1) is 7.74. The molecule has 16 heavy (non-hydrogen) atoms. The van der Waals surface area contributed by atoms with Gasteiger partial charge < -0.3 is 10.3 Å². The number of thioether (sulfide) groups is 1. The number of hydrogen-bond donors (Lipinski definition) is 1. The van der Waals surface area contributed by atoms with E-state index in [0.29, 0.717) is 12.3 Å². The summed E-state index contributed by atoms with van der Waals surface area (Å²) in [5, 5.41) is 4.01. The minimum absolute atomic E-state index is 0.0828. The Bertz CT molecular complexity index is 321. The fourth-order valence-electron chi connectivity index (χ4n) is 1.94. The molecule has 0 aliphatic carbocycles. The molecular weight excluding hydrogens is 222 g/mol. The smallest absolute Gasteiger partial charge is 0.228 e. The van der Waals surface area contributed by atoms with Crippen molar-refractivity contribution in [1.82, 2.24) is 10.1 Å². The lowest BCUT2D eigenvalue weighted by molar-refractivity contribution is 0.361. The molecule has 5 heteroatoms. The zero-order valence-electron chi connectivity index (χ0n) is 9.69. The topological polar surface area (TPSA) is 64.9 Å². The molecule has 0 spiro atoms. The van der Waals surface area contributed by atoms with Gasteiger partial charge in [0.1, 0.15) is 0 Å². The van der Waals surface area contributed by atoms with Crippen LogP contribution in [0.15, 0.2) is 4.52 Å². The lowest BCUT2D eigenvalue weighted by atomic mass is 9.99. The molecule has 1 aliphatic rings. The van der Waals surface area contributed by atoms with Crippen LogP contribution >= 0.6 is 11.8 Å². The van der Waals surface area contributed by atoms with Crippen LogP contribution in [0.4, 0.5) is 0 Å². The van der Waals surface area contributed by atoms with E-state index in [4.69, 9.17) is 10.3 Å². The zero-order valence-corrected chi connectivity index (χ0v) is 10.5. The van der Waals surface area contributed by atoms with Crippen molar-refractivity contribution in [3.8, 4) is 0 Å². The second kappa shape index (κ2) is 5.68. The molecule has 90 valence electrons. The summed E-state index contributed by atoms with van der Waals surface area (Å²) in [6.07, 6.45) is 4.19. The van der Waals surface area contributed by atoms with Crippen molar-refractivity contribution in [2.24, 2.45) is 11.7 Å². The molecule has 1 aliphatic heterocycles. The number of aromatic nitrogens is 2. The summed E-state index contributed by atoms with van der Waals surface area (Å²) >= 11 is 2.04. The lowest BCUT2D eigenvalue weighted by Crippen LogP contribution is -2.18. The summed E-state index contributed by atoms with van der Waals surface area (Å²) in [6, 6.07) is 0.0828. The number of hydrogen-bond acceptors (Lipinski definition) is 5. The SMILES string of the molecule is CC(N)Cc1nc(CC2CCSCC2)no1. The maximum absolute atomic E-state index is 5.69. The highest BCUT2D eigenvalue weighted by Crippen LogP contribution is 2.25. The van der Waals surface area contributed by atoms with Gasteiger partial charge in [-0.15, -0.1) is 0 Å². The summed E-state index contributed by atoms with van der Waals surface area (Å²) in [5.74, 6) is 4.81. The van der Waals surface area contributed by atoms with E-state index in [-0.39, 0.29) is 6.04 Å². The Hall–Kier alpha value is -0.550. The molecule has 0 amide bonds. The van der Waals surface area contributed by atoms with E-state index in [1.165, 1.54) is 24.3 Å². The number of rotatable bonds is 4. The molecule has 2 N–H and O–H groups in total. The molecule has 1 atom stereocenters. The van der Waals surface area contributed by atoms with Gasteiger partial charge in [0.05, 0.1) is 0 Å². The van der Waals surface area contributed by atoms with E-state index in [9.17, 15) is 0 Å². The lowest BCUT2D eigenvalue weighted by Gasteiger charge is -2.19. The van der Waals surface area contributed by atoms with E-state index < -0.39 is 0 Å². The molecule has 0 aromatic carbocycles. The van der Waals surface area contributed by atoms with Crippen LogP contribution in [-0.4, -0.2) is 27.7 Å². The average molecular weight is 241 g/mol. The van der Waals surface area contributed by atoms with Crippen LogP contribution in [0.5, 0.6) is 0 Å². The van der Waals surface area contributed by atoms with E-state index in [1.807, 2.05) is 18.7 Å². The minimum Gasteiger partial charge on any atom is -0.339 e. The molecule has 0 bridgehead atoms. The van der Waals surface area contributed by atoms with Crippen LogP contribution in [0.2, 0.25) is 0 Å². The Morgan fingerprint density at radius 1 is 1.50 bits per heavy atom. The van der Waals surface area contributed by atoms with Gasteiger partial charge in [-0.3, -0.25) is 0 Å². The molecule has 2 heterocycles. The standard InChI is InChI=1S/C11H19N3OS/c1-8(12)6-11-13-10(14-15-11)7-9-2-4-16-5-3-9/h8-9H,2-7,12H2,1H3. The largest absolute Gasteiger partial charge is 0.339 e. The Morgan fingerprint density at radius 3 is 2.94 bits per heavy atom. The Morgan fingerprint density at radius 2 is 2.25 bits per heavy atom. The predicted molar refractivity (Wildman–Crippen MR) is 65.4 cm³/mol. The minimum atomic E-state index is 0.0828. The van der Waals surface area contributed by atoms with E-state index in [2.05, 4.69) is 10.1 Å². The van der Waals surface area contributed by atoms with E-state index in [1.54, 1.807) is 0 Å². The molecule has 0 saturated carbocycles. The zero-order chi connectivity index (χ0) is 11.4. The van der Waals surface area contributed by atoms with Crippen molar-refractivity contribution in [2.45, 2.75) is 38.6 Å². The third kappa shape index (κ3) is 3.49. The van der Waals surface area contributed by atoms with Gasteiger partial charge in [-0.2, -0.15) is 16.7 Å². The molecule has 1 fully saturated rings. The van der Waals surface area contributed by atoms with Gasteiger partial charge in [0.15, 0.2) is 5.82 Å². The normalized spacial score (nSPS) is 19.9. The maximum atomic E-state index is 5.69. The van der Waals surface area contributed by atoms with Gasteiger partial charge in [0.2, 0.25) is 5.89 Å². The van der Waals surface area contributed by atoms with Crippen molar-refractivity contribution >= 4 is 11.8 Å². The van der Waals surface area contributed by atoms with Crippen molar-refractivity contribution in [3.05, 3.63) is 11.7 Å². The first kappa shape index (κ1) is 11.9. The first-order valence-corrected chi connectivity index (χ1v) is 7.04. The second-order valence-electron chi connectivity index (χ2n) is 4.55. The summed E-state index contributed by atoms with van der Waals surface area (Å²) in [6.45, 7) is 1.95. The fraction of sp³-hybridized carbons (Fsp3) is 0.818. The highest BCUT2D eigenvalue weighted by Gasteiger charge is 2.17.